The molecule has 2 heterocycles. The van der Waals surface area contributed by atoms with Crippen LogP contribution in [0.4, 0.5) is 0 Å². The van der Waals surface area contributed by atoms with E-state index in [0.717, 1.165) is 44.0 Å². The molecular weight excluding hydrogens is 386 g/mol. The van der Waals surface area contributed by atoms with Crippen molar-refractivity contribution in [3.05, 3.63) is 36.9 Å². The maximum absolute atomic E-state index is 12.9. The van der Waals surface area contributed by atoms with Crippen LogP contribution in [0.25, 0.3) is 11.4 Å². The average molecular weight is 416 g/mol. The number of rotatable bonds is 8. The number of ether oxygens (including phenoxy) is 1. The summed E-state index contributed by atoms with van der Waals surface area (Å²) in [6.07, 6.45) is 1.81. The third-order valence-corrected chi connectivity index (χ3v) is 6.21. The van der Waals surface area contributed by atoms with E-state index in [1.165, 1.54) is 11.8 Å². The van der Waals surface area contributed by atoms with Gasteiger partial charge < -0.3 is 14.5 Å². The van der Waals surface area contributed by atoms with Gasteiger partial charge in [0, 0.05) is 32.7 Å². The summed E-state index contributed by atoms with van der Waals surface area (Å²) in [4.78, 5) is 17.3. The van der Waals surface area contributed by atoms with Crippen LogP contribution >= 0.6 is 11.8 Å². The lowest BCUT2D eigenvalue weighted by Crippen LogP contribution is -2.50. The first-order chi connectivity index (χ1) is 14.1. The quantitative estimate of drug-likeness (QED) is 0.488. The van der Waals surface area contributed by atoms with Gasteiger partial charge in [-0.2, -0.15) is 0 Å². The summed E-state index contributed by atoms with van der Waals surface area (Å²) < 4.78 is 7.46. The van der Waals surface area contributed by atoms with Crippen LogP contribution in [0, 0.1) is 0 Å². The van der Waals surface area contributed by atoms with E-state index < -0.39 is 0 Å². The smallest absolute Gasteiger partial charge is 0.235 e. The van der Waals surface area contributed by atoms with Crippen molar-refractivity contribution in [1.82, 2.24) is 24.6 Å². The topological polar surface area (TPSA) is 63.5 Å². The number of methoxy groups -OCH3 is 1. The van der Waals surface area contributed by atoms with E-state index in [2.05, 4.69) is 28.6 Å². The third kappa shape index (κ3) is 4.82. The fourth-order valence-electron chi connectivity index (χ4n) is 3.45. The van der Waals surface area contributed by atoms with Gasteiger partial charge in [-0.15, -0.1) is 16.8 Å². The van der Waals surface area contributed by atoms with Crippen molar-refractivity contribution in [2.24, 2.45) is 0 Å². The first-order valence-corrected chi connectivity index (χ1v) is 10.8. The van der Waals surface area contributed by atoms with Gasteiger partial charge in [-0.3, -0.25) is 9.36 Å². The minimum Gasteiger partial charge on any atom is -0.496 e. The van der Waals surface area contributed by atoms with Crippen molar-refractivity contribution < 1.29 is 9.53 Å². The molecule has 1 aromatic heterocycles. The number of aromatic nitrogens is 3. The van der Waals surface area contributed by atoms with E-state index in [0.29, 0.717) is 17.5 Å². The number of carbonyl (C=O) groups is 1. The van der Waals surface area contributed by atoms with Crippen LogP contribution in [0.1, 0.15) is 13.8 Å². The zero-order chi connectivity index (χ0) is 20.8. The van der Waals surface area contributed by atoms with Crippen molar-refractivity contribution in [2.75, 3.05) is 39.8 Å². The van der Waals surface area contributed by atoms with Crippen LogP contribution in [0.5, 0.6) is 5.75 Å². The van der Waals surface area contributed by atoms with Gasteiger partial charge in [0.05, 0.1) is 17.9 Å². The van der Waals surface area contributed by atoms with Crippen LogP contribution in [0.2, 0.25) is 0 Å². The second-order valence-corrected chi connectivity index (χ2v) is 8.23. The highest BCUT2D eigenvalue weighted by molar-refractivity contribution is 8.00. The number of hydrogen-bond acceptors (Lipinski definition) is 6. The Morgan fingerprint density at radius 2 is 2.00 bits per heavy atom. The second kappa shape index (κ2) is 9.93. The molecule has 0 unspecified atom stereocenters. The Morgan fingerprint density at radius 1 is 1.28 bits per heavy atom. The molecule has 0 aliphatic carbocycles. The van der Waals surface area contributed by atoms with Crippen LogP contribution in [0.3, 0.4) is 0 Å². The molecule has 1 aromatic carbocycles. The molecule has 156 valence electrons. The molecule has 0 N–H and O–H groups in total. The van der Waals surface area contributed by atoms with Gasteiger partial charge in [-0.25, -0.2) is 0 Å². The minimum absolute atomic E-state index is 0.151. The van der Waals surface area contributed by atoms with Crippen molar-refractivity contribution >= 4 is 17.7 Å². The lowest BCUT2D eigenvalue weighted by Gasteiger charge is -2.35. The molecular formula is C21H29N5O2S. The average Bonchev–Trinajstić information content (AvgIpc) is 3.15. The SMILES string of the molecule is C=CCn1c(S[C@H](C)C(=O)N2CCN(CC)CC2)nnc1-c1ccccc1OC. The van der Waals surface area contributed by atoms with Crippen LogP contribution in [-0.2, 0) is 11.3 Å². The molecule has 1 fully saturated rings. The molecule has 0 spiro atoms. The van der Waals surface area contributed by atoms with E-state index in [1.807, 2.05) is 46.7 Å². The summed E-state index contributed by atoms with van der Waals surface area (Å²) in [5.41, 5.74) is 0.867. The number of hydrogen-bond donors (Lipinski definition) is 0. The fourth-order valence-corrected chi connectivity index (χ4v) is 4.39. The van der Waals surface area contributed by atoms with Crippen molar-refractivity contribution in [2.45, 2.75) is 30.8 Å². The van der Waals surface area contributed by atoms with Gasteiger partial charge in [0.1, 0.15) is 5.75 Å². The summed E-state index contributed by atoms with van der Waals surface area (Å²) in [7, 11) is 1.64. The number of carbonyl (C=O) groups excluding carboxylic acids is 1. The summed E-state index contributed by atoms with van der Waals surface area (Å²) in [5, 5.41) is 9.24. The molecule has 29 heavy (non-hydrogen) atoms. The molecule has 1 saturated heterocycles. The predicted molar refractivity (Wildman–Crippen MR) is 116 cm³/mol. The van der Waals surface area contributed by atoms with E-state index in [4.69, 9.17) is 4.74 Å². The number of nitrogens with zero attached hydrogens (tertiary/aromatic N) is 5. The fraction of sp³-hybridized carbons (Fsp3) is 0.476. The van der Waals surface area contributed by atoms with Gasteiger partial charge in [-0.1, -0.05) is 36.9 Å². The molecule has 1 atom stereocenters. The Kier molecular flexibility index (Phi) is 7.33. The normalized spacial score (nSPS) is 15.9. The molecule has 0 radical (unpaired) electrons. The Morgan fingerprint density at radius 3 is 2.66 bits per heavy atom. The van der Waals surface area contributed by atoms with Crippen LogP contribution < -0.4 is 4.74 Å². The Balaban J connectivity index is 1.78. The maximum atomic E-state index is 12.9. The Bertz CT molecular complexity index is 845. The van der Waals surface area contributed by atoms with E-state index in [1.54, 1.807) is 7.11 Å². The number of amides is 1. The number of thioether (sulfide) groups is 1. The minimum atomic E-state index is -0.235. The van der Waals surface area contributed by atoms with Crippen molar-refractivity contribution in [3.63, 3.8) is 0 Å². The highest BCUT2D eigenvalue weighted by Crippen LogP contribution is 2.32. The molecule has 8 heteroatoms. The second-order valence-electron chi connectivity index (χ2n) is 6.93. The molecule has 2 aromatic rings. The van der Waals surface area contributed by atoms with E-state index in [-0.39, 0.29) is 11.2 Å². The lowest BCUT2D eigenvalue weighted by molar-refractivity contribution is -0.132. The van der Waals surface area contributed by atoms with Gasteiger partial charge in [0.25, 0.3) is 0 Å². The molecule has 1 aliphatic rings. The highest BCUT2D eigenvalue weighted by Gasteiger charge is 2.27. The van der Waals surface area contributed by atoms with E-state index in [9.17, 15) is 4.79 Å². The molecule has 7 nitrogen and oxygen atoms in total. The Hall–Kier alpha value is -2.32. The molecule has 0 bridgehead atoms. The lowest BCUT2D eigenvalue weighted by atomic mass is 10.2. The van der Waals surface area contributed by atoms with Crippen molar-refractivity contribution in [3.8, 4) is 17.1 Å². The van der Waals surface area contributed by atoms with Crippen LogP contribution in [-0.4, -0.2) is 75.6 Å². The summed E-state index contributed by atoms with van der Waals surface area (Å²) >= 11 is 1.44. The van der Waals surface area contributed by atoms with Gasteiger partial charge in [0.15, 0.2) is 11.0 Å². The number of para-hydroxylation sites is 1. The number of benzene rings is 1. The summed E-state index contributed by atoms with van der Waals surface area (Å²) in [5.74, 6) is 1.60. The van der Waals surface area contributed by atoms with Crippen LogP contribution in [0.15, 0.2) is 42.1 Å². The Labute approximate surface area is 176 Å². The molecule has 3 rings (SSSR count). The molecule has 1 amide bonds. The zero-order valence-corrected chi connectivity index (χ0v) is 18.2. The summed E-state index contributed by atoms with van der Waals surface area (Å²) in [6.45, 7) is 13.0. The maximum Gasteiger partial charge on any atom is 0.235 e. The monoisotopic (exact) mass is 415 g/mol. The highest BCUT2D eigenvalue weighted by atomic mass is 32.2. The number of allylic oxidation sites excluding steroid dienone is 1. The van der Waals surface area contributed by atoms with E-state index >= 15 is 0 Å². The van der Waals surface area contributed by atoms with Gasteiger partial charge in [-0.05, 0) is 25.6 Å². The first kappa shape index (κ1) is 21.4. The number of piperazine rings is 1. The third-order valence-electron chi connectivity index (χ3n) is 5.14. The largest absolute Gasteiger partial charge is 0.496 e. The molecule has 0 saturated carbocycles. The summed E-state index contributed by atoms with van der Waals surface area (Å²) in [6, 6.07) is 7.72. The van der Waals surface area contributed by atoms with Gasteiger partial charge >= 0.3 is 0 Å². The van der Waals surface area contributed by atoms with Gasteiger partial charge in [0.2, 0.25) is 5.91 Å². The standard InChI is InChI=1S/C21H29N5O2S/c1-5-11-26-19(17-9-7-8-10-18(17)28-4)22-23-21(26)29-16(3)20(27)25-14-12-24(6-2)13-15-25/h5,7-10,16H,1,6,11-15H2,2-4H3/t16-/m1/s1. The van der Waals surface area contributed by atoms with Crippen molar-refractivity contribution in [1.29, 1.82) is 0 Å². The zero-order valence-electron chi connectivity index (χ0n) is 17.4. The molecule has 1 aliphatic heterocycles. The first-order valence-electron chi connectivity index (χ1n) is 9.94. The number of likely N-dealkylation sites (N-methyl/N-ethyl adjacent to an activating group) is 1. The predicted octanol–water partition coefficient (Wildman–Crippen LogP) is 2.78.